The van der Waals surface area contributed by atoms with Crippen molar-refractivity contribution in [2.24, 2.45) is 0 Å². The number of H-pyrrole nitrogens is 1. The topological polar surface area (TPSA) is 129 Å². The number of rotatable bonds is 4. The molecule has 0 unspecified atom stereocenters. The lowest BCUT2D eigenvalue weighted by molar-refractivity contribution is -0.134. The first-order chi connectivity index (χ1) is 15.4. The molecular formula is C23H24N4O5. The molecule has 5 rings (SSSR count). The number of carbonyl (C=O) groups excluding carboxylic acids is 1. The molecule has 0 saturated heterocycles. The van der Waals surface area contributed by atoms with E-state index in [-0.39, 0.29) is 5.91 Å². The van der Waals surface area contributed by atoms with Crippen LogP contribution in [0.4, 0.5) is 0 Å². The number of fused-ring (bicyclic) bond motifs is 3. The summed E-state index contributed by atoms with van der Waals surface area (Å²) in [6, 6.07) is 6.40. The van der Waals surface area contributed by atoms with Crippen molar-refractivity contribution >= 4 is 28.7 Å². The zero-order valence-corrected chi connectivity index (χ0v) is 17.7. The summed E-state index contributed by atoms with van der Waals surface area (Å²) < 4.78 is 2.39. The van der Waals surface area contributed by atoms with Crippen molar-refractivity contribution < 1.29 is 24.6 Å². The minimum Gasteiger partial charge on any atom is -0.478 e. The van der Waals surface area contributed by atoms with Crippen molar-refractivity contribution in [3.05, 3.63) is 64.9 Å². The van der Waals surface area contributed by atoms with Gasteiger partial charge in [-0.25, -0.2) is 14.6 Å². The minimum absolute atomic E-state index is 0.160. The highest BCUT2D eigenvalue weighted by atomic mass is 16.4. The Morgan fingerprint density at radius 3 is 2.56 bits per heavy atom. The minimum atomic E-state index is -1.26. The number of hydrogen-bond acceptors (Lipinski definition) is 4. The zero-order valence-electron chi connectivity index (χ0n) is 17.7. The fraction of sp³-hybridized carbons (Fsp3) is 0.304. The molecule has 3 N–H and O–H groups in total. The number of hydrogen-bond donors (Lipinski definition) is 3. The van der Waals surface area contributed by atoms with E-state index in [1.54, 1.807) is 6.33 Å². The first-order valence-corrected chi connectivity index (χ1v) is 10.4. The van der Waals surface area contributed by atoms with Gasteiger partial charge in [-0.05, 0) is 31.7 Å². The maximum atomic E-state index is 13.3. The van der Waals surface area contributed by atoms with Crippen LogP contribution in [0.3, 0.4) is 0 Å². The van der Waals surface area contributed by atoms with Crippen LogP contribution in [0, 0.1) is 6.92 Å². The molecule has 0 bridgehead atoms. The van der Waals surface area contributed by atoms with Crippen LogP contribution in [0.15, 0.2) is 36.7 Å². The summed E-state index contributed by atoms with van der Waals surface area (Å²) in [6.07, 6.45) is 5.89. The second kappa shape index (κ2) is 8.70. The number of nitrogens with one attached hydrogen (secondary N) is 1. The fourth-order valence-corrected chi connectivity index (χ4v) is 4.43. The van der Waals surface area contributed by atoms with Gasteiger partial charge in [-0.3, -0.25) is 4.79 Å². The molecule has 166 valence electrons. The Morgan fingerprint density at radius 2 is 1.91 bits per heavy atom. The average molecular weight is 436 g/mol. The van der Waals surface area contributed by atoms with Gasteiger partial charge in [0.25, 0.3) is 5.91 Å². The maximum absolute atomic E-state index is 13.3. The van der Waals surface area contributed by atoms with Crippen molar-refractivity contribution in [2.45, 2.75) is 39.3 Å². The molecule has 4 heterocycles. The van der Waals surface area contributed by atoms with Crippen LogP contribution >= 0.6 is 0 Å². The fourth-order valence-electron chi connectivity index (χ4n) is 4.43. The van der Waals surface area contributed by atoms with E-state index in [4.69, 9.17) is 10.2 Å². The molecule has 3 aromatic rings. The van der Waals surface area contributed by atoms with E-state index in [0.717, 1.165) is 54.7 Å². The first kappa shape index (κ1) is 21.4. The average Bonchev–Trinajstić information content (AvgIpc) is 3.42. The van der Waals surface area contributed by atoms with Crippen molar-refractivity contribution in [2.75, 3.05) is 6.54 Å². The summed E-state index contributed by atoms with van der Waals surface area (Å²) in [5.74, 6) is -2.35. The molecule has 32 heavy (non-hydrogen) atoms. The van der Waals surface area contributed by atoms with Gasteiger partial charge in [0.05, 0.1) is 29.6 Å². The number of benzene rings is 1. The van der Waals surface area contributed by atoms with E-state index in [1.165, 1.54) is 16.8 Å². The van der Waals surface area contributed by atoms with E-state index in [1.807, 2.05) is 11.8 Å². The van der Waals surface area contributed by atoms with Crippen LogP contribution in [0.2, 0.25) is 0 Å². The molecule has 2 aromatic heterocycles. The highest BCUT2D eigenvalue weighted by molar-refractivity contribution is 6.09. The summed E-state index contributed by atoms with van der Waals surface area (Å²) in [5, 5.41) is 16.8. The molecule has 0 saturated carbocycles. The van der Waals surface area contributed by atoms with Gasteiger partial charge in [-0.1, -0.05) is 18.2 Å². The third-order valence-corrected chi connectivity index (χ3v) is 5.86. The summed E-state index contributed by atoms with van der Waals surface area (Å²) in [7, 11) is 0. The Bertz CT molecular complexity index is 1220. The highest BCUT2D eigenvalue weighted by Crippen LogP contribution is 2.36. The molecular weight excluding hydrogens is 412 g/mol. The summed E-state index contributed by atoms with van der Waals surface area (Å²) in [6.45, 7) is 4.39. The lowest BCUT2D eigenvalue weighted by Crippen LogP contribution is -2.30. The SMILES string of the molecule is Cc1[nH]cnc1CN1CCCc2c(c3cccc4c3n2CC4)C1=O.O=C(O)/C=C\C(=O)O. The molecule has 2 aliphatic rings. The monoisotopic (exact) mass is 436 g/mol. The Morgan fingerprint density at radius 1 is 1.16 bits per heavy atom. The number of carboxylic acid groups (broad SMARTS) is 2. The predicted octanol–water partition coefficient (Wildman–Crippen LogP) is 2.53. The molecule has 1 aromatic carbocycles. The van der Waals surface area contributed by atoms with Gasteiger partial charge in [-0.2, -0.15) is 0 Å². The van der Waals surface area contributed by atoms with E-state index >= 15 is 0 Å². The van der Waals surface area contributed by atoms with Crippen molar-refractivity contribution in [3.8, 4) is 0 Å². The number of aromatic nitrogens is 3. The number of carbonyl (C=O) groups is 3. The van der Waals surface area contributed by atoms with Gasteiger partial charge in [0.1, 0.15) is 0 Å². The zero-order chi connectivity index (χ0) is 22.8. The van der Waals surface area contributed by atoms with E-state index in [9.17, 15) is 14.4 Å². The van der Waals surface area contributed by atoms with Crippen LogP contribution in [-0.4, -0.2) is 54.0 Å². The van der Waals surface area contributed by atoms with E-state index < -0.39 is 11.9 Å². The third kappa shape index (κ3) is 4.01. The molecule has 0 radical (unpaired) electrons. The first-order valence-electron chi connectivity index (χ1n) is 10.4. The van der Waals surface area contributed by atoms with Crippen LogP contribution in [-0.2, 0) is 35.5 Å². The van der Waals surface area contributed by atoms with Gasteiger partial charge >= 0.3 is 11.9 Å². The Hall–Kier alpha value is -3.88. The second-order valence-electron chi connectivity index (χ2n) is 7.85. The standard InChI is InChI=1S/C19H20N4O.C4H4O4/c1-12-15(21-11-20-12)10-22-8-3-6-16-17(19(22)24)14-5-2-4-13-7-9-23(16)18(13)14;5-3(6)1-2-4(7)8/h2,4-5,11H,3,6-10H2,1H3,(H,20,21);1-2H,(H,5,6)(H,7,8)/b;2-1-. The van der Waals surface area contributed by atoms with Crippen molar-refractivity contribution in [3.63, 3.8) is 0 Å². The summed E-state index contributed by atoms with van der Waals surface area (Å²) in [5.41, 5.74) is 6.83. The molecule has 9 heteroatoms. The lowest BCUT2D eigenvalue weighted by Gasteiger charge is -2.20. The van der Waals surface area contributed by atoms with Crippen LogP contribution in [0.1, 0.15) is 39.4 Å². The number of carboxylic acids is 2. The van der Waals surface area contributed by atoms with E-state index in [0.29, 0.717) is 18.7 Å². The molecule has 2 aliphatic heterocycles. The molecule has 1 amide bonds. The number of amides is 1. The Kier molecular flexibility index (Phi) is 5.81. The number of aromatic amines is 1. The number of aryl methyl sites for hydroxylation is 3. The van der Waals surface area contributed by atoms with Gasteiger partial charge in [-0.15, -0.1) is 0 Å². The smallest absolute Gasteiger partial charge is 0.328 e. The molecule has 0 aliphatic carbocycles. The van der Waals surface area contributed by atoms with E-state index in [2.05, 4.69) is 32.7 Å². The van der Waals surface area contributed by atoms with Crippen molar-refractivity contribution in [1.29, 1.82) is 0 Å². The Balaban J connectivity index is 0.000000265. The van der Waals surface area contributed by atoms with Gasteiger partial charge in [0, 0.05) is 42.0 Å². The number of aliphatic carboxylic acids is 2. The number of nitrogens with zero attached hydrogens (tertiary/aromatic N) is 3. The quantitative estimate of drug-likeness (QED) is 0.539. The van der Waals surface area contributed by atoms with Gasteiger partial charge < -0.3 is 24.7 Å². The lowest BCUT2D eigenvalue weighted by atomic mass is 10.0. The largest absolute Gasteiger partial charge is 0.478 e. The van der Waals surface area contributed by atoms with Crippen molar-refractivity contribution in [1.82, 2.24) is 19.4 Å². The Labute approximate surface area is 184 Å². The predicted molar refractivity (Wildman–Crippen MR) is 116 cm³/mol. The summed E-state index contributed by atoms with van der Waals surface area (Å²) in [4.78, 5) is 41.9. The maximum Gasteiger partial charge on any atom is 0.328 e. The molecule has 0 fully saturated rings. The second-order valence-corrected chi connectivity index (χ2v) is 7.85. The van der Waals surface area contributed by atoms with Gasteiger partial charge in [0.2, 0.25) is 0 Å². The number of imidazole rings is 1. The van der Waals surface area contributed by atoms with Gasteiger partial charge in [0.15, 0.2) is 0 Å². The summed E-state index contributed by atoms with van der Waals surface area (Å²) >= 11 is 0. The normalized spacial score (nSPS) is 14.9. The highest BCUT2D eigenvalue weighted by Gasteiger charge is 2.31. The van der Waals surface area contributed by atoms with Crippen LogP contribution in [0.5, 0.6) is 0 Å². The van der Waals surface area contributed by atoms with Crippen LogP contribution < -0.4 is 0 Å². The molecule has 0 spiro atoms. The van der Waals surface area contributed by atoms with Crippen LogP contribution in [0.25, 0.3) is 10.9 Å². The molecule has 9 nitrogen and oxygen atoms in total. The third-order valence-electron chi connectivity index (χ3n) is 5.86. The number of para-hydroxylation sites is 1. The molecule has 0 atom stereocenters.